The fourth-order valence-electron chi connectivity index (χ4n) is 4.33. The van der Waals surface area contributed by atoms with Crippen LogP contribution in [-0.2, 0) is 20.7 Å². The number of carbonyl (C=O) groups excluding carboxylic acids is 1. The number of likely N-dealkylation sites (tertiary alicyclic amines) is 1. The molecule has 2 aliphatic rings. The number of hydrogen-bond acceptors (Lipinski definition) is 4. The second kappa shape index (κ2) is 8.25. The molecule has 2 atom stereocenters. The number of rotatable bonds is 6. The average molecular weight is 395 g/mol. The summed E-state index contributed by atoms with van der Waals surface area (Å²) in [6.45, 7) is 1.34. The van der Waals surface area contributed by atoms with Gasteiger partial charge in [-0.3, -0.25) is 9.59 Å². The first-order valence-corrected chi connectivity index (χ1v) is 9.92. The van der Waals surface area contributed by atoms with E-state index < -0.39 is 11.4 Å². The van der Waals surface area contributed by atoms with Crippen LogP contribution in [0.25, 0.3) is 0 Å². The van der Waals surface area contributed by atoms with Crippen LogP contribution in [0.5, 0.6) is 5.75 Å². The Morgan fingerprint density at radius 3 is 2.66 bits per heavy atom. The predicted molar refractivity (Wildman–Crippen MR) is 107 cm³/mol. The molecule has 2 fully saturated rings. The number of para-hydroxylation sites is 1. The van der Waals surface area contributed by atoms with Gasteiger partial charge in [0, 0.05) is 32.0 Å². The summed E-state index contributed by atoms with van der Waals surface area (Å²) in [5.74, 6) is -0.509. The fourth-order valence-corrected chi connectivity index (χ4v) is 4.33. The lowest BCUT2D eigenvalue weighted by atomic mass is 9.74. The van der Waals surface area contributed by atoms with Gasteiger partial charge in [-0.2, -0.15) is 0 Å². The summed E-state index contributed by atoms with van der Waals surface area (Å²) in [6.07, 6.45) is 1.16. The standard InChI is InChI=1S/C23H25NO5/c25-21(24-13-19-14-28-11-10-23(19,16-24)22(26)27)15-29-20-9-5-4-8-18(20)12-17-6-2-1-3-7-17/h1-9,19H,10-16H2,(H,26,27)/t19-,23+/m0/s1. The Hall–Kier alpha value is -2.86. The van der Waals surface area contributed by atoms with Gasteiger partial charge in [-0.1, -0.05) is 48.5 Å². The van der Waals surface area contributed by atoms with E-state index in [4.69, 9.17) is 9.47 Å². The number of carboxylic acids is 1. The highest BCUT2D eigenvalue weighted by Crippen LogP contribution is 2.42. The summed E-state index contributed by atoms with van der Waals surface area (Å²) in [4.78, 5) is 26.3. The number of benzene rings is 2. The highest BCUT2D eigenvalue weighted by atomic mass is 16.5. The van der Waals surface area contributed by atoms with Crippen LogP contribution in [0, 0.1) is 11.3 Å². The van der Waals surface area contributed by atoms with Crippen molar-refractivity contribution in [1.29, 1.82) is 0 Å². The first-order valence-electron chi connectivity index (χ1n) is 9.92. The van der Waals surface area contributed by atoms with Crippen molar-refractivity contribution in [3.8, 4) is 5.75 Å². The molecular weight excluding hydrogens is 370 g/mol. The van der Waals surface area contributed by atoms with Crippen LogP contribution < -0.4 is 4.74 Å². The first-order chi connectivity index (χ1) is 14.1. The number of fused-ring (bicyclic) bond motifs is 1. The molecule has 0 unspecified atom stereocenters. The number of carbonyl (C=O) groups is 2. The van der Waals surface area contributed by atoms with Crippen LogP contribution in [0.2, 0.25) is 0 Å². The number of nitrogens with zero attached hydrogens (tertiary/aromatic N) is 1. The average Bonchev–Trinajstić information content (AvgIpc) is 3.15. The van der Waals surface area contributed by atoms with Crippen molar-refractivity contribution >= 4 is 11.9 Å². The van der Waals surface area contributed by atoms with Crippen LogP contribution in [0.4, 0.5) is 0 Å². The number of carboxylic acid groups (broad SMARTS) is 1. The molecule has 2 saturated heterocycles. The highest BCUT2D eigenvalue weighted by Gasteiger charge is 2.54. The number of aliphatic carboxylic acids is 1. The molecule has 4 rings (SSSR count). The molecule has 0 aliphatic carbocycles. The zero-order valence-corrected chi connectivity index (χ0v) is 16.3. The van der Waals surface area contributed by atoms with Crippen molar-refractivity contribution in [2.75, 3.05) is 32.9 Å². The van der Waals surface area contributed by atoms with Gasteiger partial charge in [-0.25, -0.2) is 0 Å². The van der Waals surface area contributed by atoms with E-state index in [9.17, 15) is 14.7 Å². The van der Waals surface area contributed by atoms with E-state index in [-0.39, 0.29) is 25.0 Å². The van der Waals surface area contributed by atoms with E-state index in [1.165, 1.54) is 5.56 Å². The molecule has 0 spiro atoms. The fraction of sp³-hybridized carbons (Fsp3) is 0.391. The lowest BCUT2D eigenvalue weighted by molar-refractivity contribution is -0.157. The van der Waals surface area contributed by atoms with Gasteiger partial charge in [0.15, 0.2) is 6.61 Å². The first kappa shape index (κ1) is 19.5. The zero-order valence-electron chi connectivity index (χ0n) is 16.3. The van der Waals surface area contributed by atoms with Gasteiger partial charge in [-0.15, -0.1) is 0 Å². The molecule has 152 valence electrons. The van der Waals surface area contributed by atoms with Crippen molar-refractivity contribution in [1.82, 2.24) is 4.90 Å². The molecule has 0 radical (unpaired) electrons. The maximum Gasteiger partial charge on any atom is 0.311 e. The SMILES string of the molecule is O=C(COc1ccccc1Cc1ccccc1)N1C[C@H]2COCC[C@@]2(C(=O)O)C1. The molecule has 0 aromatic heterocycles. The minimum atomic E-state index is -0.890. The number of hydrogen-bond donors (Lipinski definition) is 1. The van der Waals surface area contributed by atoms with Crippen molar-refractivity contribution in [2.24, 2.45) is 11.3 Å². The maximum absolute atomic E-state index is 12.8. The molecule has 6 heteroatoms. The molecule has 2 aromatic carbocycles. The highest BCUT2D eigenvalue weighted by molar-refractivity contribution is 5.82. The van der Waals surface area contributed by atoms with Gasteiger partial charge in [0.05, 0.1) is 12.0 Å². The second-order valence-electron chi connectivity index (χ2n) is 7.82. The van der Waals surface area contributed by atoms with Gasteiger partial charge in [0.1, 0.15) is 5.75 Å². The molecule has 2 heterocycles. The van der Waals surface area contributed by atoms with Crippen LogP contribution in [-0.4, -0.2) is 54.8 Å². The Bertz CT molecular complexity index is 884. The lowest BCUT2D eigenvalue weighted by Crippen LogP contribution is -2.45. The molecule has 0 bridgehead atoms. The molecule has 6 nitrogen and oxygen atoms in total. The third-order valence-corrected chi connectivity index (χ3v) is 6.05. The monoisotopic (exact) mass is 395 g/mol. The number of ether oxygens (including phenoxy) is 2. The normalized spacial score (nSPS) is 23.4. The second-order valence-corrected chi connectivity index (χ2v) is 7.82. The summed E-state index contributed by atoms with van der Waals surface area (Å²) in [5.41, 5.74) is 1.29. The van der Waals surface area contributed by atoms with Crippen molar-refractivity contribution < 1.29 is 24.2 Å². The Labute approximate surface area is 170 Å². The minimum Gasteiger partial charge on any atom is -0.483 e. The molecule has 1 N–H and O–H groups in total. The van der Waals surface area contributed by atoms with E-state index in [0.717, 1.165) is 12.0 Å². The van der Waals surface area contributed by atoms with Crippen molar-refractivity contribution in [3.05, 3.63) is 65.7 Å². The predicted octanol–water partition coefficient (Wildman–Crippen LogP) is 2.61. The molecule has 2 aromatic rings. The molecule has 0 saturated carbocycles. The summed E-state index contributed by atoms with van der Waals surface area (Å²) >= 11 is 0. The summed E-state index contributed by atoms with van der Waals surface area (Å²) < 4.78 is 11.3. The van der Waals surface area contributed by atoms with Crippen LogP contribution in [0.15, 0.2) is 54.6 Å². The zero-order chi connectivity index (χ0) is 20.3. The van der Waals surface area contributed by atoms with E-state index in [1.54, 1.807) is 4.90 Å². The summed E-state index contributed by atoms with van der Waals surface area (Å²) in [6, 6.07) is 17.8. The molecule has 2 aliphatic heterocycles. The third kappa shape index (κ3) is 3.98. The molecule has 29 heavy (non-hydrogen) atoms. The largest absolute Gasteiger partial charge is 0.483 e. The van der Waals surface area contributed by atoms with Gasteiger partial charge in [-0.05, 0) is 23.6 Å². The molecular formula is C23H25NO5. The van der Waals surface area contributed by atoms with Gasteiger partial charge in [0.25, 0.3) is 5.91 Å². The van der Waals surface area contributed by atoms with E-state index >= 15 is 0 Å². The van der Waals surface area contributed by atoms with Gasteiger partial charge < -0.3 is 19.5 Å². The number of amides is 1. The van der Waals surface area contributed by atoms with Crippen molar-refractivity contribution in [3.63, 3.8) is 0 Å². The molecule has 1 amide bonds. The van der Waals surface area contributed by atoms with Gasteiger partial charge >= 0.3 is 5.97 Å². The lowest BCUT2D eigenvalue weighted by Gasteiger charge is -2.33. The Kier molecular flexibility index (Phi) is 5.53. The Morgan fingerprint density at radius 1 is 1.14 bits per heavy atom. The summed E-state index contributed by atoms with van der Waals surface area (Å²) in [7, 11) is 0. The third-order valence-electron chi connectivity index (χ3n) is 6.05. The van der Waals surface area contributed by atoms with Crippen LogP contribution >= 0.6 is 0 Å². The van der Waals surface area contributed by atoms with E-state index in [1.807, 2.05) is 42.5 Å². The smallest absolute Gasteiger partial charge is 0.311 e. The minimum absolute atomic E-state index is 0.102. The van der Waals surface area contributed by atoms with Crippen molar-refractivity contribution in [2.45, 2.75) is 12.8 Å². The van der Waals surface area contributed by atoms with Crippen LogP contribution in [0.1, 0.15) is 17.5 Å². The summed E-state index contributed by atoms with van der Waals surface area (Å²) in [5, 5.41) is 9.76. The van der Waals surface area contributed by atoms with Gasteiger partial charge in [0.2, 0.25) is 0 Å². The maximum atomic E-state index is 12.8. The van der Waals surface area contributed by atoms with E-state index in [2.05, 4.69) is 12.1 Å². The van der Waals surface area contributed by atoms with Crippen LogP contribution in [0.3, 0.4) is 0 Å². The quantitative estimate of drug-likeness (QED) is 0.814. The Balaban J connectivity index is 1.41. The topological polar surface area (TPSA) is 76.1 Å². The van der Waals surface area contributed by atoms with E-state index in [0.29, 0.717) is 31.9 Å². The Morgan fingerprint density at radius 2 is 1.90 bits per heavy atom.